The molecular formula is C9H15NO4. The highest BCUT2D eigenvalue weighted by molar-refractivity contribution is 5.88. The van der Waals surface area contributed by atoms with E-state index in [4.69, 9.17) is 9.84 Å². The number of amides is 1. The summed E-state index contributed by atoms with van der Waals surface area (Å²) >= 11 is 0. The van der Waals surface area contributed by atoms with Gasteiger partial charge in [0.1, 0.15) is 12.1 Å². The number of carbonyl (C=O) groups excluding carboxylic acids is 1. The summed E-state index contributed by atoms with van der Waals surface area (Å²) < 4.78 is 5.15. The smallest absolute Gasteiger partial charge is 0.323 e. The van der Waals surface area contributed by atoms with Crippen LogP contribution in [0.15, 0.2) is 0 Å². The minimum atomic E-state index is -1.01. The Hall–Kier alpha value is -1.10. The lowest BCUT2D eigenvalue weighted by Crippen LogP contribution is -2.54. The Bertz CT molecular complexity index is 242. The maximum absolute atomic E-state index is 11.8. The van der Waals surface area contributed by atoms with E-state index in [1.54, 1.807) is 0 Å². The van der Waals surface area contributed by atoms with Crippen LogP contribution in [-0.2, 0) is 14.3 Å². The van der Waals surface area contributed by atoms with Gasteiger partial charge in [0, 0.05) is 14.2 Å². The predicted molar refractivity (Wildman–Crippen MR) is 48.9 cm³/mol. The molecule has 0 unspecified atom stereocenters. The van der Waals surface area contributed by atoms with Crippen LogP contribution in [-0.4, -0.2) is 48.2 Å². The van der Waals surface area contributed by atoms with Gasteiger partial charge in [0.2, 0.25) is 0 Å². The first-order valence-corrected chi connectivity index (χ1v) is 4.54. The second kappa shape index (κ2) is 3.96. The van der Waals surface area contributed by atoms with E-state index in [1.165, 1.54) is 19.1 Å². The number of carboxylic acid groups (broad SMARTS) is 1. The number of ether oxygens (including phenoxy) is 1. The molecule has 1 amide bonds. The van der Waals surface area contributed by atoms with Gasteiger partial charge in [0.15, 0.2) is 0 Å². The highest BCUT2D eigenvalue weighted by atomic mass is 16.5. The minimum Gasteiger partial charge on any atom is -0.480 e. The zero-order valence-electron chi connectivity index (χ0n) is 8.45. The number of nitrogens with zero attached hydrogens (tertiary/aromatic N) is 1. The van der Waals surface area contributed by atoms with Gasteiger partial charge < -0.3 is 14.7 Å². The number of carbonyl (C=O) groups is 2. The molecule has 0 aromatic heterocycles. The molecule has 0 bridgehead atoms. The number of likely N-dealkylation sites (N-methyl/N-ethyl adjacent to an activating group) is 1. The highest BCUT2D eigenvalue weighted by Crippen LogP contribution is 2.36. The molecular weight excluding hydrogens is 186 g/mol. The average molecular weight is 201 g/mol. The summed E-state index contributed by atoms with van der Waals surface area (Å²) in [5.74, 6) is -1.24. The van der Waals surface area contributed by atoms with E-state index in [-0.39, 0.29) is 12.5 Å². The Labute approximate surface area is 82.6 Å². The number of aliphatic carboxylic acids is 1. The molecule has 1 saturated carbocycles. The summed E-state index contributed by atoms with van der Waals surface area (Å²) in [7, 11) is 2.97. The van der Waals surface area contributed by atoms with Crippen molar-refractivity contribution >= 4 is 11.9 Å². The SMILES string of the molecule is COC1(C(=O)N(C)CC(=O)O)CCC1. The molecule has 5 heteroatoms. The predicted octanol–water partition coefficient (Wildman–Crippen LogP) is 0.0985. The van der Waals surface area contributed by atoms with Crippen LogP contribution in [0.2, 0.25) is 0 Å². The fourth-order valence-electron chi connectivity index (χ4n) is 1.63. The van der Waals surface area contributed by atoms with Gasteiger partial charge >= 0.3 is 5.97 Å². The van der Waals surface area contributed by atoms with Gasteiger partial charge in [0.25, 0.3) is 5.91 Å². The number of carboxylic acids is 1. The van der Waals surface area contributed by atoms with Crippen molar-refractivity contribution in [3.05, 3.63) is 0 Å². The van der Waals surface area contributed by atoms with E-state index in [2.05, 4.69) is 0 Å². The Morgan fingerprint density at radius 3 is 2.36 bits per heavy atom. The summed E-state index contributed by atoms with van der Waals surface area (Å²) in [6.07, 6.45) is 2.33. The number of rotatable bonds is 4. The van der Waals surface area contributed by atoms with Crippen molar-refractivity contribution in [2.75, 3.05) is 20.7 Å². The molecule has 0 aromatic rings. The van der Waals surface area contributed by atoms with Crippen LogP contribution in [0.1, 0.15) is 19.3 Å². The van der Waals surface area contributed by atoms with Gasteiger partial charge in [-0.3, -0.25) is 9.59 Å². The van der Waals surface area contributed by atoms with E-state index in [0.29, 0.717) is 12.8 Å². The van der Waals surface area contributed by atoms with Crippen molar-refractivity contribution in [2.45, 2.75) is 24.9 Å². The quantitative estimate of drug-likeness (QED) is 0.700. The van der Waals surface area contributed by atoms with Gasteiger partial charge in [-0.2, -0.15) is 0 Å². The third-order valence-electron chi connectivity index (χ3n) is 2.66. The Balaban J connectivity index is 2.59. The molecule has 5 nitrogen and oxygen atoms in total. The molecule has 0 heterocycles. The van der Waals surface area contributed by atoms with E-state index < -0.39 is 11.6 Å². The zero-order chi connectivity index (χ0) is 10.8. The summed E-state index contributed by atoms with van der Waals surface area (Å²) in [5.41, 5.74) is -0.746. The maximum Gasteiger partial charge on any atom is 0.323 e. The first-order chi connectivity index (χ1) is 6.52. The van der Waals surface area contributed by atoms with Crippen LogP contribution in [0.4, 0.5) is 0 Å². The minimum absolute atomic E-state index is 0.228. The molecule has 1 fully saturated rings. The lowest BCUT2D eigenvalue weighted by atomic mass is 9.79. The third-order valence-corrected chi connectivity index (χ3v) is 2.66. The highest BCUT2D eigenvalue weighted by Gasteiger charge is 2.46. The molecule has 0 saturated heterocycles. The molecule has 1 rings (SSSR count). The lowest BCUT2D eigenvalue weighted by molar-refractivity contribution is -0.167. The normalized spacial score (nSPS) is 18.4. The molecule has 1 N–H and O–H groups in total. The van der Waals surface area contributed by atoms with Crippen molar-refractivity contribution in [1.29, 1.82) is 0 Å². The van der Waals surface area contributed by atoms with Crippen molar-refractivity contribution in [3.63, 3.8) is 0 Å². The Morgan fingerprint density at radius 1 is 1.50 bits per heavy atom. The molecule has 80 valence electrons. The Kier molecular flexibility index (Phi) is 3.10. The first-order valence-electron chi connectivity index (χ1n) is 4.54. The molecule has 0 aliphatic heterocycles. The molecule has 0 radical (unpaired) electrons. The number of hydrogen-bond acceptors (Lipinski definition) is 3. The van der Waals surface area contributed by atoms with Gasteiger partial charge in [-0.25, -0.2) is 0 Å². The summed E-state index contributed by atoms with van der Waals surface area (Å²) in [6.45, 7) is -0.274. The van der Waals surface area contributed by atoms with Crippen LogP contribution >= 0.6 is 0 Å². The van der Waals surface area contributed by atoms with Crippen LogP contribution in [0.25, 0.3) is 0 Å². The summed E-state index contributed by atoms with van der Waals surface area (Å²) in [5, 5.41) is 8.53. The second-order valence-corrected chi connectivity index (χ2v) is 3.61. The van der Waals surface area contributed by atoms with Crippen LogP contribution < -0.4 is 0 Å². The van der Waals surface area contributed by atoms with Gasteiger partial charge in [-0.05, 0) is 19.3 Å². The first kappa shape index (κ1) is 11.0. The van der Waals surface area contributed by atoms with Gasteiger partial charge in [-0.15, -0.1) is 0 Å². The van der Waals surface area contributed by atoms with E-state index >= 15 is 0 Å². The fraction of sp³-hybridized carbons (Fsp3) is 0.778. The third kappa shape index (κ3) is 1.87. The second-order valence-electron chi connectivity index (χ2n) is 3.61. The summed E-state index contributed by atoms with van der Waals surface area (Å²) in [6, 6.07) is 0. The van der Waals surface area contributed by atoms with E-state index in [1.807, 2.05) is 0 Å². The molecule has 0 spiro atoms. The number of methoxy groups -OCH3 is 1. The standard InChI is InChI=1S/C9H15NO4/c1-10(6-7(11)12)8(13)9(14-2)4-3-5-9/h3-6H2,1-2H3,(H,11,12). The van der Waals surface area contributed by atoms with Crippen LogP contribution in [0.5, 0.6) is 0 Å². The Morgan fingerprint density at radius 2 is 2.07 bits per heavy atom. The molecule has 14 heavy (non-hydrogen) atoms. The average Bonchev–Trinajstić information content (AvgIpc) is 2.01. The van der Waals surface area contributed by atoms with Crippen molar-refractivity contribution < 1.29 is 19.4 Å². The van der Waals surface area contributed by atoms with Crippen LogP contribution in [0.3, 0.4) is 0 Å². The van der Waals surface area contributed by atoms with E-state index in [0.717, 1.165) is 6.42 Å². The largest absolute Gasteiger partial charge is 0.480 e. The summed E-state index contributed by atoms with van der Waals surface area (Å²) in [4.78, 5) is 23.4. The fourth-order valence-corrected chi connectivity index (χ4v) is 1.63. The van der Waals surface area contributed by atoms with Crippen molar-refractivity contribution in [1.82, 2.24) is 4.90 Å². The van der Waals surface area contributed by atoms with Crippen molar-refractivity contribution in [2.24, 2.45) is 0 Å². The molecule has 0 aromatic carbocycles. The van der Waals surface area contributed by atoms with Gasteiger partial charge in [0.05, 0.1) is 0 Å². The zero-order valence-corrected chi connectivity index (χ0v) is 8.45. The molecule has 1 aliphatic rings. The topological polar surface area (TPSA) is 66.8 Å². The van der Waals surface area contributed by atoms with Crippen LogP contribution in [0, 0.1) is 0 Å². The number of hydrogen-bond donors (Lipinski definition) is 1. The molecule has 1 aliphatic carbocycles. The van der Waals surface area contributed by atoms with Gasteiger partial charge in [-0.1, -0.05) is 0 Å². The monoisotopic (exact) mass is 201 g/mol. The molecule has 0 atom stereocenters. The van der Waals surface area contributed by atoms with Crippen molar-refractivity contribution in [3.8, 4) is 0 Å². The van der Waals surface area contributed by atoms with E-state index in [9.17, 15) is 9.59 Å². The lowest BCUT2D eigenvalue weighted by Gasteiger charge is -2.40. The maximum atomic E-state index is 11.8.